The van der Waals surface area contributed by atoms with Crippen LogP contribution in [0.1, 0.15) is 37.3 Å². The van der Waals surface area contributed by atoms with Crippen molar-refractivity contribution in [2.45, 2.75) is 43.9 Å². The zero-order chi connectivity index (χ0) is 26.9. The Hall–Kier alpha value is -3.70. The summed E-state index contributed by atoms with van der Waals surface area (Å²) in [6, 6.07) is 3.10. The molecule has 0 bridgehead atoms. The first-order chi connectivity index (χ1) is 16.8. The van der Waals surface area contributed by atoms with Gasteiger partial charge in [-0.15, -0.1) is 0 Å². The molecular weight excluding hydrogens is 472 g/mol. The van der Waals surface area contributed by atoms with Gasteiger partial charge in [0.05, 0.1) is 17.5 Å². The predicted octanol–water partition coefficient (Wildman–Crippen LogP) is 0.457. The van der Waals surface area contributed by atoms with Crippen LogP contribution >= 0.6 is 0 Å². The van der Waals surface area contributed by atoms with Crippen molar-refractivity contribution in [1.29, 1.82) is 0 Å². The van der Waals surface area contributed by atoms with Crippen molar-refractivity contribution < 1.29 is 44.3 Å². The molecule has 0 aliphatic heterocycles. The SMILES string of the molecule is CCC(=O)O[C@@H]1[C@@H]2C(=C(O)c3c(O)cccc3[C@H]2C)C(=O)[C@]2(O)C(O)=C(C(N)=O)C(=O)[C@H](N(C)C)[C@H]12. The van der Waals surface area contributed by atoms with Crippen LogP contribution in [0.2, 0.25) is 0 Å². The lowest BCUT2D eigenvalue weighted by molar-refractivity contribution is -0.185. The van der Waals surface area contributed by atoms with Crippen LogP contribution in [0.4, 0.5) is 0 Å². The average Bonchev–Trinajstić information content (AvgIpc) is 2.80. The number of phenolic OH excluding ortho intramolecular Hbond substituents is 1. The van der Waals surface area contributed by atoms with Gasteiger partial charge in [-0.3, -0.25) is 24.1 Å². The van der Waals surface area contributed by atoms with Gasteiger partial charge in [-0.2, -0.15) is 0 Å². The highest BCUT2D eigenvalue weighted by Crippen LogP contribution is 2.56. The number of benzene rings is 1. The van der Waals surface area contributed by atoms with Gasteiger partial charge in [0.15, 0.2) is 11.4 Å². The van der Waals surface area contributed by atoms with Gasteiger partial charge in [0, 0.05) is 17.9 Å². The maximum absolute atomic E-state index is 14.0. The Balaban J connectivity index is 2.11. The molecule has 1 aromatic rings. The number of nitrogens with zero attached hydrogens (tertiary/aromatic N) is 1. The zero-order valence-corrected chi connectivity index (χ0v) is 20.2. The predicted molar refractivity (Wildman–Crippen MR) is 125 cm³/mol. The van der Waals surface area contributed by atoms with Gasteiger partial charge >= 0.3 is 5.97 Å². The van der Waals surface area contributed by atoms with Gasteiger partial charge in [0.2, 0.25) is 5.78 Å². The van der Waals surface area contributed by atoms with Gasteiger partial charge < -0.3 is 30.9 Å². The van der Waals surface area contributed by atoms with Gasteiger partial charge in [-0.05, 0) is 31.6 Å². The number of esters is 1. The lowest BCUT2D eigenvalue weighted by Crippen LogP contribution is -2.71. The van der Waals surface area contributed by atoms with E-state index in [0.717, 1.165) is 0 Å². The quantitative estimate of drug-likeness (QED) is 0.287. The first kappa shape index (κ1) is 25.4. The van der Waals surface area contributed by atoms with Crippen LogP contribution in [0.3, 0.4) is 0 Å². The molecule has 1 saturated carbocycles. The summed E-state index contributed by atoms with van der Waals surface area (Å²) in [4.78, 5) is 53.4. The lowest BCUT2D eigenvalue weighted by atomic mass is 9.54. The Morgan fingerprint density at radius 1 is 1.17 bits per heavy atom. The Labute approximate surface area is 206 Å². The second kappa shape index (κ2) is 8.45. The number of aliphatic hydroxyl groups is 3. The topological polar surface area (TPSA) is 188 Å². The van der Waals surface area contributed by atoms with Crippen molar-refractivity contribution in [2.24, 2.45) is 17.6 Å². The maximum Gasteiger partial charge on any atom is 0.305 e. The molecule has 6 N–H and O–H groups in total. The molecule has 36 heavy (non-hydrogen) atoms. The van der Waals surface area contributed by atoms with E-state index < -0.39 is 81.6 Å². The number of carbonyl (C=O) groups excluding carboxylic acids is 4. The van der Waals surface area contributed by atoms with Crippen LogP contribution in [-0.4, -0.2) is 80.6 Å². The van der Waals surface area contributed by atoms with E-state index in [-0.39, 0.29) is 17.7 Å². The number of hydrogen-bond donors (Lipinski definition) is 5. The smallest absolute Gasteiger partial charge is 0.305 e. The lowest BCUT2D eigenvalue weighted by Gasteiger charge is -2.54. The molecule has 0 spiro atoms. The molecule has 11 heteroatoms. The number of ether oxygens (including phenoxy) is 1. The molecule has 192 valence electrons. The first-order valence-corrected chi connectivity index (χ1v) is 11.5. The van der Waals surface area contributed by atoms with E-state index in [1.54, 1.807) is 19.1 Å². The molecule has 3 aliphatic rings. The molecule has 11 nitrogen and oxygen atoms in total. The standard InChI is InChI=1S/C25H28N2O9/c1-5-12(29)36-21-13-9(2)10-7-6-8-11(28)14(10)19(30)15(13)22(32)25(35)17(21)18(27(3)4)20(31)16(23(25)33)24(26)34/h6-9,13,17-18,21,28,30,33,35H,5H2,1-4H3,(H2,26,34)/t9-,13+,17-,18-,21-,25+/m1/s1. The fourth-order valence-corrected chi connectivity index (χ4v) is 5.92. The summed E-state index contributed by atoms with van der Waals surface area (Å²) in [6.45, 7) is 3.23. The second-order valence-corrected chi connectivity index (χ2v) is 9.61. The molecule has 1 amide bonds. The van der Waals surface area contributed by atoms with Crippen molar-refractivity contribution in [3.8, 4) is 5.75 Å². The van der Waals surface area contributed by atoms with Crippen LogP contribution in [0, 0.1) is 11.8 Å². The van der Waals surface area contributed by atoms with Gasteiger partial charge in [0.25, 0.3) is 5.91 Å². The number of phenols is 1. The highest BCUT2D eigenvalue weighted by atomic mass is 16.5. The number of aromatic hydroxyl groups is 1. The van der Waals surface area contributed by atoms with E-state index in [4.69, 9.17) is 10.5 Å². The fourth-order valence-electron chi connectivity index (χ4n) is 5.92. The minimum absolute atomic E-state index is 0.0399. The average molecular weight is 501 g/mol. The van der Waals surface area contributed by atoms with Crippen molar-refractivity contribution >= 4 is 29.2 Å². The highest BCUT2D eigenvalue weighted by Gasteiger charge is 2.69. The van der Waals surface area contributed by atoms with Crippen molar-refractivity contribution in [3.05, 3.63) is 46.2 Å². The summed E-state index contributed by atoms with van der Waals surface area (Å²) in [5.74, 6) is -9.67. The number of amides is 1. The van der Waals surface area contributed by atoms with Gasteiger partial charge in [-0.1, -0.05) is 26.0 Å². The van der Waals surface area contributed by atoms with Crippen LogP contribution in [-0.2, 0) is 23.9 Å². The van der Waals surface area contributed by atoms with Gasteiger partial charge in [0.1, 0.15) is 28.9 Å². The Kier molecular flexibility index (Phi) is 5.96. The number of ketones is 2. The van der Waals surface area contributed by atoms with Crippen LogP contribution in [0.15, 0.2) is 35.1 Å². The molecule has 0 heterocycles. The fraction of sp³-hybridized carbons (Fsp3) is 0.440. The molecule has 1 fully saturated rings. The summed E-state index contributed by atoms with van der Waals surface area (Å²) in [5, 5.41) is 44.5. The van der Waals surface area contributed by atoms with E-state index in [0.29, 0.717) is 5.56 Å². The number of nitrogens with two attached hydrogens (primary N) is 1. The van der Waals surface area contributed by atoms with Crippen molar-refractivity contribution in [2.75, 3.05) is 14.1 Å². The number of aliphatic hydroxyl groups excluding tert-OH is 2. The molecular formula is C25H28N2O9. The minimum Gasteiger partial charge on any atom is -0.508 e. The number of rotatable bonds is 4. The van der Waals surface area contributed by atoms with Crippen LogP contribution < -0.4 is 5.73 Å². The molecule has 0 saturated heterocycles. The summed E-state index contributed by atoms with van der Waals surface area (Å²) in [6.07, 6.45) is -1.47. The molecule has 0 unspecified atom stereocenters. The largest absolute Gasteiger partial charge is 0.508 e. The number of carbonyl (C=O) groups is 4. The summed E-state index contributed by atoms with van der Waals surface area (Å²) in [7, 11) is 2.93. The zero-order valence-electron chi connectivity index (χ0n) is 20.2. The third-order valence-corrected chi connectivity index (χ3v) is 7.52. The minimum atomic E-state index is -2.94. The maximum atomic E-state index is 14.0. The third kappa shape index (κ3) is 3.19. The summed E-state index contributed by atoms with van der Waals surface area (Å²) < 4.78 is 5.74. The number of Topliss-reactive ketones (excluding diaryl/α,β-unsaturated/α-hetero) is 2. The second-order valence-electron chi connectivity index (χ2n) is 9.61. The molecule has 0 aromatic heterocycles. The first-order valence-electron chi connectivity index (χ1n) is 11.5. The molecule has 1 aromatic carbocycles. The Bertz CT molecular complexity index is 1260. The van der Waals surface area contributed by atoms with Gasteiger partial charge in [-0.25, -0.2) is 0 Å². The van der Waals surface area contributed by atoms with E-state index in [9.17, 15) is 39.6 Å². The van der Waals surface area contributed by atoms with Crippen molar-refractivity contribution in [1.82, 2.24) is 4.90 Å². The molecule has 4 rings (SSSR count). The number of fused-ring (bicyclic) bond motifs is 3. The Morgan fingerprint density at radius 3 is 2.36 bits per heavy atom. The third-order valence-electron chi connectivity index (χ3n) is 7.52. The van der Waals surface area contributed by atoms with Crippen LogP contribution in [0.5, 0.6) is 5.75 Å². The number of hydrogen-bond acceptors (Lipinski definition) is 10. The molecule has 6 atom stereocenters. The van der Waals surface area contributed by atoms with E-state index in [2.05, 4.69) is 0 Å². The van der Waals surface area contributed by atoms with E-state index in [1.807, 2.05) is 0 Å². The van der Waals surface area contributed by atoms with Crippen LogP contribution in [0.25, 0.3) is 5.76 Å². The van der Waals surface area contributed by atoms with Crippen molar-refractivity contribution in [3.63, 3.8) is 0 Å². The highest BCUT2D eigenvalue weighted by molar-refractivity contribution is 6.24. The Morgan fingerprint density at radius 2 is 1.81 bits per heavy atom. The number of primary amides is 1. The summed E-state index contributed by atoms with van der Waals surface area (Å²) >= 11 is 0. The monoisotopic (exact) mass is 500 g/mol. The molecule has 0 radical (unpaired) electrons. The van der Waals surface area contributed by atoms with E-state index >= 15 is 0 Å². The summed E-state index contributed by atoms with van der Waals surface area (Å²) in [5.41, 5.74) is 1.47. The van der Waals surface area contributed by atoms with E-state index in [1.165, 1.54) is 32.0 Å². The number of likely N-dealkylation sites (N-methyl/N-ethyl adjacent to an activating group) is 1. The molecule has 3 aliphatic carbocycles. The normalized spacial score (nSPS) is 31.7.